The van der Waals surface area contributed by atoms with E-state index < -0.39 is 0 Å². The number of likely N-dealkylation sites (N-methyl/N-ethyl adjacent to an activating group) is 1. The zero-order valence-corrected chi connectivity index (χ0v) is 19.1. The third-order valence-electron chi connectivity index (χ3n) is 6.64. The third-order valence-corrected chi connectivity index (χ3v) is 6.94. The number of hydrogen-bond donors (Lipinski definition) is 0. The molecule has 1 atom stereocenters. The van der Waals surface area contributed by atoms with Gasteiger partial charge < -0.3 is 19.3 Å². The largest absolute Gasteiger partial charge is 0.495 e. The van der Waals surface area contributed by atoms with Crippen molar-refractivity contribution < 1.29 is 9.47 Å². The first-order valence-electron chi connectivity index (χ1n) is 11.1. The maximum atomic E-state index is 6.41. The number of fused-ring (bicyclic) bond motifs is 1. The molecule has 2 aliphatic heterocycles. The number of ether oxygens (including phenoxy) is 2. The van der Waals surface area contributed by atoms with Crippen molar-refractivity contribution in [1.29, 1.82) is 0 Å². The molecule has 5 heteroatoms. The summed E-state index contributed by atoms with van der Waals surface area (Å²) in [6, 6.07) is 12.8. The summed E-state index contributed by atoms with van der Waals surface area (Å²) in [5.74, 6) is 2.68. The highest BCUT2D eigenvalue weighted by Crippen LogP contribution is 2.37. The van der Waals surface area contributed by atoms with Crippen LogP contribution in [0.2, 0.25) is 5.02 Å². The van der Waals surface area contributed by atoms with E-state index in [2.05, 4.69) is 48.0 Å². The second-order valence-corrected chi connectivity index (χ2v) is 9.10. The molecule has 0 N–H and O–H groups in total. The van der Waals surface area contributed by atoms with Gasteiger partial charge in [-0.3, -0.25) is 0 Å². The summed E-state index contributed by atoms with van der Waals surface area (Å²) in [6.45, 7) is 8.55. The Labute approximate surface area is 185 Å². The van der Waals surface area contributed by atoms with Gasteiger partial charge in [-0.15, -0.1) is 0 Å². The normalized spacial score (nSPS) is 20.7. The van der Waals surface area contributed by atoms with Crippen molar-refractivity contribution in [3.05, 3.63) is 58.1 Å². The Balaban J connectivity index is 1.47. The van der Waals surface area contributed by atoms with E-state index in [4.69, 9.17) is 21.1 Å². The zero-order valence-electron chi connectivity index (χ0n) is 18.4. The number of hydrogen-bond acceptors (Lipinski definition) is 4. The molecular weight excluding hydrogens is 396 g/mol. The van der Waals surface area contributed by atoms with Crippen LogP contribution in [0.15, 0.2) is 36.4 Å². The number of nitrogens with zero attached hydrogens (tertiary/aromatic N) is 2. The third kappa shape index (κ3) is 4.77. The van der Waals surface area contributed by atoms with Gasteiger partial charge in [-0.2, -0.15) is 0 Å². The minimum atomic E-state index is 0.301. The van der Waals surface area contributed by atoms with Crippen molar-refractivity contribution >= 4 is 11.6 Å². The quantitative estimate of drug-likeness (QED) is 0.643. The van der Waals surface area contributed by atoms with E-state index in [1.54, 1.807) is 7.11 Å². The average molecular weight is 429 g/mol. The molecule has 0 radical (unpaired) electrons. The molecule has 0 saturated carbocycles. The van der Waals surface area contributed by atoms with E-state index in [0.29, 0.717) is 16.9 Å². The second-order valence-electron chi connectivity index (χ2n) is 8.69. The molecule has 2 aromatic carbocycles. The summed E-state index contributed by atoms with van der Waals surface area (Å²) >= 11 is 6.41. The number of methoxy groups -OCH3 is 1. The molecule has 2 heterocycles. The lowest BCUT2D eigenvalue weighted by Gasteiger charge is -2.33. The van der Waals surface area contributed by atoms with E-state index >= 15 is 0 Å². The van der Waals surface area contributed by atoms with Crippen LogP contribution in [0.4, 0.5) is 0 Å². The van der Waals surface area contributed by atoms with Gasteiger partial charge in [-0.1, -0.05) is 30.7 Å². The Morgan fingerprint density at radius 2 is 1.90 bits per heavy atom. The Bertz CT molecular complexity index is 864. The van der Waals surface area contributed by atoms with Crippen molar-refractivity contribution in [1.82, 2.24) is 9.80 Å². The fourth-order valence-electron chi connectivity index (χ4n) is 4.78. The number of halogens is 1. The van der Waals surface area contributed by atoms with Crippen LogP contribution in [0.25, 0.3) is 0 Å². The molecule has 0 amide bonds. The predicted molar refractivity (Wildman–Crippen MR) is 123 cm³/mol. The second kappa shape index (κ2) is 9.59. The maximum Gasteiger partial charge on any atom is 0.137 e. The highest BCUT2D eigenvalue weighted by molar-refractivity contribution is 6.32. The Kier molecular flexibility index (Phi) is 6.87. The lowest BCUT2D eigenvalue weighted by Crippen LogP contribution is -2.35. The molecule has 0 aromatic heterocycles. The van der Waals surface area contributed by atoms with Crippen LogP contribution < -0.4 is 9.47 Å². The minimum Gasteiger partial charge on any atom is -0.495 e. The molecular formula is C25H33ClN2O2. The van der Waals surface area contributed by atoms with E-state index in [9.17, 15) is 0 Å². The van der Waals surface area contributed by atoms with Gasteiger partial charge in [-0.05, 0) is 86.4 Å². The summed E-state index contributed by atoms with van der Waals surface area (Å²) in [5, 5.41) is 0.666. The SMILES string of the molecule is CCN1CCC(COc2ccc3c(c2)CN(C)CC3c2ccc(OC)c(Cl)c2)CC1. The molecule has 1 unspecified atom stereocenters. The van der Waals surface area contributed by atoms with Crippen molar-refractivity contribution in [2.45, 2.75) is 32.2 Å². The van der Waals surface area contributed by atoms with Gasteiger partial charge in [0.1, 0.15) is 11.5 Å². The van der Waals surface area contributed by atoms with Crippen LogP contribution >= 0.6 is 11.6 Å². The maximum absolute atomic E-state index is 6.41. The van der Waals surface area contributed by atoms with E-state index in [1.165, 1.54) is 42.6 Å². The summed E-state index contributed by atoms with van der Waals surface area (Å²) in [4.78, 5) is 4.90. The molecule has 0 bridgehead atoms. The van der Waals surface area contributed by atoms with Gasteiger partial charge in [0, 0.05) is 19.0 Å². The van der Waals surface area contributed by atoms with Gasteiger partial charge in [0.15, 0.2) is 0 Å². The predicted octanol–water partition coefficient (Wildman–Crippen LogP) is 5.04. The molecule has 30 heavy (non-hydrogen) atoms. The lowest BCUT2D eigenvalue weighted by molar-refractivity contribution is 0.145. The van der Waals surface area contributed by atoms with Crippen molar-refractivity contribution in [2.24, 2.45) is 5.92 Å². The average Bonchev–Trinajstić information content (AvgIpc) is 2.77. The van der Waals surface area contributed by atoms with Crippen LogP contribution in [0, 0.1) is 5.92 Å². The molecule has 2 aliphatic rings. The number of rotatable bonds is 6. The smallest absolute Gasteiger partial charge is 0.137 e. The first kappa shape index (κ1) is 21.5. The first-order chi connectivity index (χ1) is 14.6. The first-order valence-corrected chi connectivity index (χ1v) is 11.4. The number of benzene rings is 2. The van der Waals surface area contributed by atoms with Crippen LogP contribution in [0.3, 0.4) is 0 Å². The summed E-state index contributed by atoms with van der Waals surface area (Å²) < 4.78 is 11.6. The van der Waals surface area contributed by atoms with Crippen molar-refractivity contribution in [2.75, 3.05) is 46.9 Å². The molecule has 4 rings (SSSR count). The topological polar surface area (TPSA) is 24.9 Å². The van der Waals surface area contributed by atoms with Gasteiger partial charge in [0.2, 0.25) is 0 Å². The van der Waals surface area contributed by atoms with Gasteiger partial charge in [0.05, 0.1) is 18.7 Å². The fourth-order valence-corrected chi connectivity index (χ4v) is 5.05. The Morgan fingerprint density at radius 3 is 2.60 bits per heavy atom. The molecule has 1 saturated heterocycles. The number of likely N-dealkylation sites (tertiary alicyclic amines) is 1. The molecule has 0 aliphatic carbocycles. The highest BCUT2D eigenvalue weighted by atomic mass is 35.5. The monoisotopic (exact) mass is 428 g/mol. The van der Waals surface area contributed by atoms with Gasteiger partial charge in [-0.25, -0.2) is 0 Å². The summed E-state index contributed by atoms with van der Waals surface area (Å²) in [6.07, 6.45) is 2.48. The zero-order chi connectivity index (χ0) is 21.1. The number of piperidine rings is 1. The van der Waals surface area contributed by atoms with E-state index in [-0.39, 0.29) is 0 Å². The summed E-state index contributed by atoms with van der Waals surface area (Å²) in [7, 11) is 3.83. The van der Waals surface area contributed by atoms with Gasteiger partial charge in [0.25, 0.3) is 0 Å². The lowest BCUT2D eigenvalue weighted by atomic mass is 9.84. The Hall–Kier alpha value is -1.75. The van der Waals surface area contributed by atoms with Crippen LogP contribution in [0.1, 0.15) is 42.4 Å². The fraction of sp³-hybridized carbons (Fsp3) is 0.520. The minimum absolute atomic E-state index is 0.301. The van der Waals surface area contributed by atoms with E-state index in [0.717, 1.165) is 37.7 Å². The molecule has 1 fully saturated rings. The van der Waals surface area contributed by atoms with Crippen LogP contribution in [-0.2, 0) is 6.54 Å². The Morgan fingerprint density at radius 1 is 1.10 bits per heavy atom. The van der Waals surface area contributed by atoms with Crippen LogP contribution in [0.5, 0.6) is 11.5 Å². The van der Waals surface area contributed by atoms with Crippen molar-refractivity contribution in [3.8, 4) is 11.5 Å². The molecule has 162 valence electrons. The standard InChI is InChI=1S/C25H33ClN2O2/c1-4-28-11-9-18(10-12-28)17-30-21-6-7-22-20(13-21)15-27(2)16-23(22)19-5-8-25(29-3)24(26)14-19/h5-8,13-14,18,23H,4,9-12,15-17H2,1-3H3. The highest BCUT2D eigenvalue weighted by Gasteiger charge is 2.26. The summed E-state index contributed by atoms with van der Waals surface area (Å²) in [5.41, 5.74) is 3.95. The molecule has 2 aromatic rings. The van der Waals surface area contributed by atoms with Crippen LogP contribution in [-0.4, -0.2) is 56.7 Å². The molecule has 4 nitrogen and oxygen atoms in total. The van der Waals surface area contributed by atoms with Crippen molar-refractivity contribution in [3.63, 3.8) is 0 Å². The molecule has 0 spiro atoms. The van der Waals surface area contributed by atoms with Gasteiger partial charge >= 0.3 is 0 Å². The van der Waals surface area contributed by atoms with E-state index in [1.807, 2.05) is 12.1 Å².